The lowest BCUT2D eigenvalue weighted by atomic mass is 9.92. The second-order valence-electron chi connectivity index (χ2n) is 11.0. The molecule has 7 nitrogen and oxygen atoms in total. The van der Waals surface area contributed by atoms with Gasteiger partial charge in [0.25, 0.3) is 5.91 Å². The third-order valence-corrected chi connectivity index (χ3v) is 8.35. The molecule has 1 saturated heterocycles. The third kappa shape index (κ3) is 4.13. The number of β-amino-alcohol motifs (C(OH)–C–C–N with tert-alkyl or cyclic N) is 1. The van der Waals surface area contributed by atoms with Crippen molar-refractivity contribution in [3.05, 3.63) is 82.9 Å². The maximum absolute atomic E-state index is 15.3. The molecule has 40 heavy (non-hydrogen) atoms. The summed E-state index contributed by atoms with van der Waals surface area (Å²) in [5, 5.41) is 14.4. The number of aromatic nitrogens is 3. The van der Waals surface area contributed by atoms with Crippen LogP contribution in [0.5, 0.6) is 0 Å². The molecule has 10 heteroatoms. The van der Waals surface area contributed by atoms with Crippen LogP contribution >= 0.6 is 0 Å². The number of amides is 1. The van der Waals surface area contributed by atoms with Gasteiger partial charge in [-0.1, -0.05) is 24.3 Å². The summed E-state index contributed by atoms with van der Waals surface area (Å²) in [5.74, 6) is -0.677. The molecule has 2 aromatic heterocycles. The lowest BCUT2D eigenvalue weighted by Crippen LogP contribution is -2.40. The van der Waals surface area contributed by atoms with Crippen LogP contribution in [0.15, 0.2) is 54.6 Å². The number of hydrogen-bond acceptors (Lipinski definition) is 5. The number of aliphatic hydroxyl groups excluding tert-OH is 1. The molecule has 0 bridgehead atoms. The number of anilines is 1. The van der Waals surface area contributed by atoms with Crippen molar-refractivity contribution in [2.24, 2.45) is 0 Å². The van der Waals surface area contributed by atoms with Crippen LogP contribution in [0.1, 0.15) is 65.2 Å². The van der Waals surface area contributed by atoms with E-state index in [9.17, 15) is 14.3 Å². The van der Waals surface area contributed by atoms with Gasteiger partial charge in [-0.25, -0.2) is 22.7 Å². The van der Waals surface area contributed by atoms with Gasteiger partial charge in [0.15, 0.2) is 5.65 Å². The summed E-state index contributed by atoms with van der Waals surface area (Å²) in [6, 6.07) is 14.9. The van der Waals surface area contributed by atoms with Gasteiger partial charge in [-0.2, -0.15) is 5.10 Å². The van der Waals surface area contributed by atoms with Crippen LogP contribution in [-0.2, 0) is 0 Å². The smallest absolute Gasteiger partial charge is 0.273 e. The largest absolute Gasteiger partial charge is 0.388 e. The van der Waals surface area contributed by atoms with E-state index in [0.717, 1.165) is 24.1 Å². The zero-order valence-electron chi connectivity index (χ0n) is 21.8. The van der Waals surface area contributed by atoms with E-state index in [1.54, 1.807) is 45.8 Å². The van der Waals surface area contributed by atoms with Crippen LogP contribution in [0.3, 0.4) is 0 Å². The number of halogens is 3. The Balaban J connectivity index is 1.23. The van der Waals surface area contributed by atoms with Crippen LogP contribution in [0, 0.1) is 5.82 Å². The molecule has 1 saturated carbocycles. The van der Waals surface area contributed by atoms with E-state index < -0.39 is 24.3 Å². The van der Waals surface area contributed by atoms with Gasteiger partial charge >= 0.3 is 0 Å². The molecular formula is C30H28F3N5O2. The Hall–Kier alpha value is -3.92. The SMILES string of the molecule is C[C@@H]1c2ccccc2C(F)CN1C(=O)c1cc(C2CC2)n2nc(-c3ccc(N4C[C@@H](O)[C@H](F)C4)cc3F)cc2n1. The maximum atomic E-state index is 15.3. The Morgan fingerprint density at radius 1 is 1.00 bits per heavy atom. The number of nitrogens with zero attached hydrogens (tertiary/aromatic N) is 5. The minimum atomic E-state index is -1.37. The Morgan fingerprint density at radius 3 is 2.48 bits per heavy atom. The molecule has 0 radical (unpaired) electrons. The number of aliphatic hydroxyl groups is 1. The van der Waals surface area contributed by atoms with E-state index in [1.165, 1.54) is 11.0 Å². The van der Waals surface area contributed by atoms with Gasteiger partial charge in [-0.05, 0) is 55.2 Å². The molecule has 4 heterocycles. The first kappa shape index (κ1) is 25.1. The van der Waals surface area contributed by atoms with E-state index in [2.05, 4.69) is 10.1 Å². The fourth-order valence-electron chi connectivity index (χ4n) is 5.95. The Labute approximate surface area is 228 Å². The molecule has 3 aliphatic rings. The minimum Gasteiger partial charge on any atom is -0.388 e. The van der Waals surface area contributed by atoms with E-state index in [1.807, 2.05) is 19.1 Å². The number of alkyl halides is 2. The predicted octanol–water partition coefficient (Wildman–Crippen LogP) is 5.16. The summed E-state index contributed by atoms with van der Waals surface area (Å²) in [6.45, 7) is 1.94. The summed E-state index contributed by atoms with van der Waals surface area (Å²) in [5.41, 5.74) is 3.93. The second-order valence-corrected chi connectivity index (χ2v) is 11.0. The third-order valence-electron chi connectivity index (χ3n) is 8.35. The Kier molecular flexibility index (Phi) is 5.85. The molecule has 7 rings (SSSR count). The topological polar surface area (TPSA) is 74.0 Å². The Bertz CT molecular complexity index is 1630. The Morgan fingerprint density at radius 2 is 1.77 bits per heavy atom. The van der Waals surface area contributed by atoms with Crippen LogP contribution in [0.4, 0.5) is 18.9 Å². The average Bonchev–Trinajstić information content (AvgIpc) is 3.62. The lowest BCUT2D eigenvalue weighted by Gasteiger charge is -2.36. The molecule has 1 aliphatic carbocycles. The van der Waals surface area contributed by atoms with Gasteiger partial charge < -0.3 is 14.9 Å². The summed E-state index contributed by atoms with van der Waals surface area (Å²) in [7, 11) is 0. The van der Waals surface area contributed by atoms with Crippen LogP contribution in [0.25, 0.3) is 16.9 Å². The van der Waals surface area contributed by atoms with Crippen molar-refractivity contribution < 1.29 is 23.1 Å². The molecule has 2 aliphatic heterocycles. The van der Waals surface area contributed by atoms with Gasteiger partial charge in [0.1, 0.15) is 30.0 Å². The van der Waals surface area contributed by atoms with Crippen molar-refractivity contribution in [1.82, 2.24) is 19.5 Å². The first-order valence-corrected chi connectivity index (χ1v) is 13.6. The average molecular weight is 548 g/mol. The molecular weight excluding hydrogens is 519 g/mol. The highest BCUT2D eigenvalue weighted by Crippen LogP contribution is 2.42. The minimum absolute atomic E-state index is 0.00413. The van der Waals surface area contributed by atoms with Crippen molar-refractivity contribution in [3.63, 3.8) is 0 Å². The van der Waals surface area contributed by atoms with Crippen molar-refractivity contribution in [2.75, 3.05) is 24.5 Å². The molecule has 1 amide bonds. The summed E-state index contributed by atoms with van der Waals surface area (Å²) >= 11 is 0. The molecule has 1 N–H and O–H groups in total. The molecule has 206 valence electrons. The fraction of sp³-hybridized carbons (Fsp3) is 0.367. The van der Waals surface area contributed by atoms with Gasteiger partial charge in [-0.15, -0.1) is 0 Å². The highest BCUT2D eigenvalue weighted by Gasteiger charge is 2.36. The predicted molar refractivity (Wildman–Crippen MR) is 143 cm³/mol. The molecule has 1 unspecified atom stereocenters. The summed E-state index contributed by atoms with van der Waals surface area (Å²) < 4.78 is 45.8. The summed E-state index contributed by atoms with van der Waals surface area (Å²) in [6.07, 6.45) is -1.85. The van der Waals surface area contributed by atoms with Gasteiger partial charge in [0.2, 0.25) is 0 Å². The van der Waals surface area contributed by atoms with Crippen molar-refractivity contribution in [3.8, 4) is 11.3 Å². The number of benzene rings is 2. The number of rotatable bonds is 4. The van der Waals surface area contributed by atoms with Crippen molar-refractivity contribution in [1.29, 1.82) is 0 Å². The number of carbonyl (C=O) groups excluding carboxylic acids is 1. The zero-order chi connectivity index (χ0) is 27.7. The first-order chi connectivity index (χ1) is 19.3. The van der Waals surface area contributed by atoms with Crippen molar-refractivity contribution in [2.45, 2.75) is 50.2 Å². The number of hydrogen-bond donors (Lipinski definition) is 1. The van der Waals surface area contributed by atoms with Crippen LogP contribution in [-0.4, -0.2) is 62.4 Å². The quantitative estimate of drug-likeness (QED) is 0.382. The van der Waals surface area contributed by atoms with Gasteiger partial charge in [0, 0.05) is 35.5 Å². The highest BCUT2D eigenvalue weighted by molar-refractivity contribution is 5.93. The van der Waals surface area contributed by atoms with E-state index in [-0.39, 0.29) is 48.8 Å². The fourth-order valence-corrected chi connectivity index (χ4v) is 5.95. The second kappa shape index (κ2) is 9.33. The normalized spacial score (nSPS) is 24.5. The number of carbonyl (C=O) groups is 1. The first-order valence-electron chi connectivity index (χ1n) is 13.6. The zero-order valence-corrected chi connectivity index (χ0v) is 21.8. The maximum Gasteiger partial charge on any atom is 0.273 e. The monoisotopic (exact) mass is 547 g/mol. The van der Waals surface area contributed by atoms with Crippen LogP contribution < -0.4 is 4.90 Å². The van der Waals surface area contributed by atoms with E-state index >= 15 is 8.78 Å². The molecule has 2 aromatic carbocycles. The number of fused-ring (bicyclic) bond motifs is 2. The van der Waals surface area contributed by atoms with Gasteiger partial charge in [0.05, 0.1) is 24.8 Å². The van der Waals surface area contributed by atoms with E-state index in [4.69, 9.17) is 0 Å². The lowest BCUT2D eigenvalue weighted by molar-refractivity contribution is 0.0585. The summed E-state index contributed by atoms with van der Waals surface area (Å²) in [4.78, 5) is 21.4. The molecule has 0 spiro atoms. The van der Waals surface area contributed by atoms with Gasteiger partial charge in [-0.3, -0.25) is 4.79 Å². The molecule has 2 fully saturated rings. The van der Waals surface area contributed by atoms with E-state index in [0.29, 0.717) is 22.6 Å². The molecule has 4 atom stereocenters. The van der Waals surface area contributed by atoms with Crippen molar-refractivity contribution >= 4 is 17.2 Å². The highest BCUT2D eigenvalue weighted by atomic mass is 19.1. The van der Waals surface area contributed by atoms with Crippen LogP contribution in [0.2, 0.25) is 0 Å². The standard InChI is InChI=1S/C30H28F3N5O2/c1-16-19-4-2-3-5-20(19)23(32)14-37(16)30(40)26-11-27(17-6-7-17)38-29(34-26)12-25(35-38)21-9-8-18(10-22(21)31)36-13-24(33)28(39)15-36/h2-5,8-12,16-17,23-24,28,39H,6-7,13-15H2,1H3/t16-,23?,24-,28-/m1/s1. The molecule has 4 aromatic rings.